The molecule has 0 aliphatic heterocycles. The van der Waals surface area contributed by atoms with Crippen LogP contribution in [0, 0.1) is 18.2 Å². The van der Waals surface area contributed by atoms with Gasteiger partial charge >= 0.3 is 0 Å². The summed E-state index contributed by atoms with van der Waals surface area (Å²) in [7, 11) is 0. The largest absolute Gasteiger partial charge is 0.489 e. The second-order valence-electron chi connectivity index (χ2n) is 4.82. The van der Waals surface area contributed by atoms with Gasteiger partial charge in [-0.05, 0) is 29.3 Å². The highest BCUT2D eigenvalue weighted by Crippen LogP contribution is 2.20. The van der Waals surface area contributed by atoms with E-state index in [0.29, 0.717) is 24.4 Å². The number of terminal acetylenes is 1. The van der Waals surface area contributed by atoms with Crippen molar-refractivity contribution < 1.29 is 9.13 Å². The van der Waals surface area contributed by atoms with Crippen molar-refractivity contribution in [3.8, 4) is 18.1 Å². The standard InChI is InChI=1S/C19H18FNO/c1-3-11-21-13-15(2)16-8-6-9-18(12-16)22-14-17-7-4-5-10-19(17)20/h1,4-10,12,21H,2,11,13-14H2. The highest BCUT2D eigenvalue weighted by atomic mass is 19.1. The zero-order valence-corrected chi connectivity index (χ0v) is 12.3. The van der Waals surface area contributed by atoms with Crippen molar-refractivity contribution >= 4 is 5.57 Å². The van der Waals surface area contributed by atoms with Gasteiger partial charge in [0.2, 0.25) is 0 Å². The summed E-state index contributed by atoms with van der Waals surface area (Å²) >= 11 is 0. The second-order valence-corrected chi connectivity index (χ2v) is 4.82. The summed E-state index contributed by atoms with van der Waals surface area (Å²) in [6.45, 7) is 5.33. The van der Waals surface area contributed by atoms with E-state index < -0.39 is 0 Å². The minimum atomic E-state index is -0.262. The van der Waals surface area contributed by atoms with Crippen LogP contribution in [0.5, 0.6) is 5.75 Å². The molecule has 0 atom stereocenters. The van der Waals surface area contributed by atoms with Gasteiger partial charge in [-0.3, -0.25) is 0 Å². The van der Waals surface area contributed by atoms with Crippen molar-refractivity contribution in [1.29, 1.82) is 0 Å². The summed E-state index contributed by atoms with van der Waals surface area (Å²) in [5.74, 6) is 2.93. The van der Waals surface area contributed by atoms with Crippen molar-refractivity contribution in [2.24, 2.45) is 0 Å². The Hall–Kier alpha value is -2.57. The van der Waals surface area contributed by atoms with Crippen molar-refractivity contribution in [2.75, 3.05) is 13.1 Å². The Morgan fingerprint density at radius 1 is 1.23 bits per heavy atom. The molecule has 0 spiro atoms. The van der Waals surface area contributed by atoms with E-state index in [-0.39, 0.29) is 12.4 Å². The highest BCUT2D eigenvalue weighted by molar-refractivity contribution is 5.65. The fourth-order valence-electron chi connectivity index (χ4n) is 1.97. The lowest BCUT2D eigenvalue weighted by Gasteiger charge is -2.10. The van der Waals surface area contributed by atoms with Crippen molar-refractivity contribution in [3.05, 3.63) is 72.1 Å². The van der Waals surface area contributed by atoms with Crippen molar-refractivity contribution in [3.63, 3.8) is 0 Å². The second kappa shape index (κ2) is 8.02. The topological polar surface area (TPSA) is 21.3 Å². The lowest BCUT2D eigenvalue weighted by atomic mass is 10.1. The number of hydrogen-bond acceptors (Lipinski definition) is 2. The Labute approximate surface area is 130 Å². The molecule has 0 fully saturated rings. The molecule has 0 aliphatic rings. The van der Waals surface area contributed by atoms with E-state index in [1.165, 1.54) is 6.07 Å². The zero-order chi connectivity index (χ0) is 15.8. The summed E-state index contributed by atoms with van der Waals surface area (Å²) in [4.78, 5) is 0. The summed E-state index contributed by atoms with van der Waals surface area (Å²) in [6, 6.07) is 14.2. The molecule has 0 aliphatic carbocycles. The van der Waals surface area contributed by atoms with Gasteiger partial charge in [0.05, 0.1) is 6.54 Å². The molecule has 0 heterocycles. The van der Waals surface area contributed by atoms with Gasteiger partial charge in [0, 0.05) is 12.1 Å². The average Bonchev–Trinajstić information content (AvgIpc) is 2.54. The van der Waals surface area contributed by atoms with Gasteiger partial charge in [-0.2, -0.15) is 0 Å². The third-order valence-corrected chi connectivity index (χ3v) is 3.16. The van der Waals surface area contributed by atoms with Gasteiger partial charge in [0.1, 0.15) is 18.2 Å². The molecular weight excluding hydrogens is 277 g/mol. The average molecular weight is 295 g/mol. The smallest absolute Gasteiger partial charge is 0.129 e. The van der Waals surface area contributed by atoms with Gasteiger partial charge in [-0.1, -0.05) is 42.8 Å². The summed E-state index contributed by atoms with van der Waals surface area (Å²) in [5.41, 5.74) is 2.42. The Morgan fingerprint density at radius 3 is 2.82 bits per heavy atom. The van der Waals surface area contributed by atoms with E-state index in [1.807, 2.05) is 24.3 Å². The molecule has 0 bridgehead atoms. The monoisotopic (exact) mass is 295 g/mol. The lowest BCUT2D eigenvalue weighted by Crippen LogP contribution is -2.16. The Morgan fingerprint density at radius 2 is 2.05 bits per heavy atom. The van der Waals surface area contributed by atoms with E-state index in [9.17, 15) is 4.39 Å². The number of benzene rings is 2. The molecule has 0 saturated heterocycles. The molecule has 3 heteroatoms. The van der Waals surface area contributed by atoms with Crippen LogP contribution in [-0.4, -0.2) is 13.1 Å². The summed E-state index contributed by atoms with van der Waals surface area (Å²) < 4.78 is 19.2. The first-order valence-electron chi connectivity index (χ1n) is 6.99. The molecule has 0 saturated carbocycles. The van der Waals surface area contributed by atoms with E-state index in [0.717, 1.165) is 11.1 Å². The number of halogens is 1. The number of hydrogen-bond donors (Lipinski definition) is 1. The van der Waals surface area contributed by atoms with Gasteiger partial charge in [0.25, 0.3) is 0 Å². The summed E-state index contributed by atoms with van der Waals surface area (Å²) in [5, 5.41) is 3.09. The molecule has 2 rings (SSSR count). The van der Waals surface area contributed by atoms with E-state index in [4.69, 9.17) is 11.2 Å². The van der Waals surface area contributed by atoms with Crippen LogP contribution in [0.2, 0.25) is 0 Å². The minimum Gasteiger partial charge on any atom is -0.489 e. The third kappa shape index (κ3) is 4.47. The molecule has 0 aromatic heterocycles. The molecule has 1 N–H and O–H groups in total. The number of nitrogens with one attached hydrogen (secondary N) is 1. The van der Waals surface area contributed by atoms with Crippen LogP contribution >= 0.6 is 0 Å². The lowest BCUT2D eigenvalue weighted by molar-refractivity contribution is 0.300. The minimum absolute atomic E-state index is 0.192. The van der Waals surface area contributed by atoms with Crippen LogP contribution in [0.3, 0.4) is 0 Å². The fourth-order valence-corrected chi connectivity index (χ4v) is 1.97. The maximum atomic E-state index is 13.6. The Balaban J connectivity index is 1.98. The first kappa shape index (κ1) is 15.8. The molecular formula is C19H18FNO. The number of ether oxygens (including phenoxy) is 1. The SMILES string of the molecule is C#CCNCC(=C)c1cccc(OCc2ccccc2F)c1. The first-order chi connectivity index (χ1) is 10.7. The zero-order valence-electron chi connectivity index (χ0n) is 12.3. The summed E-state index contributed by atoms with van der Waals surface area (Å²) in [6.07, 6.45) is 5.19. The molecule has 22 heavy (non-hydrogen) atoms. The maximum absolute atomic E-state index is 13.6. The Bertz CT molecular complexity index is 688. The van der Waals surface area contributed by atoms with Crippen LogP contribution < -0.4 is 10.1 Å². The van der Waals surface area contributed by atoms with E-state index >= 15 is 0 Å². The predicted molar refractivity (Wildman–Crippen MR) is 87.9 cm³/mol. The van der Waals surface area contributed by atoms with Gasteiger partial charge in [0.15, 0.2) is 0 Å². The van der Waals surface area contributed by atoms with Crippen LogP contribution in [0.15, 0.2) is 55.1 Å². The van der Waals surface area contributed by atoms with E-state index in [2.05, 4.69) is 17.8 Å². The van der Waals surface area contributed by atoms with Crippen LogP contribution in [0.4, 0.5) is 4.39 Å². The van der Waals surface area contributed by atoms with Crippen molar-refractivity contribution in [2.45, 2.75) is 6.61 Å². The third-order valence-electron chi connectivity index (χ3n) is 3.16. The van der Waals surface area contributed by atoms with Gasteiger partial charge < -0.3 is 10.1 Å². The Kier molecular flexibility index (Phi) is 5.76. The van der Waals surface area contributed by atoms with E-state index in [1.54, 1.807) is 18.2 Å². The molecule has 2 aromatic carbocycles. The van der Waals surface area contributed by atoms with Crippen LogP contribution in [0.1, 0.15) is 11.1 Å². The normalized spacial score (nSPS) is 10.0. The maximum Gasteiger partial charge on any atom is 0.129 e. The quantitative estimate of drug-likeness (QED) is 0.622. The van der Waals surface area contributed by atoms with Crippen LogP contribution in [-0.2, 0) is 6.61 Å². The molecule has 112 valence electrons. The molecule has 0 unspecified atom stereocenters. The van der Waals surface area contributed by atoms with Gasteiger partial charge in [-0.25, -0.2) is 4.39 Å². The van der Waals surface area contributed by atoms with Crippen molar-refractivity contribution in [1.82, 2.24) is 5.32 Å². The molecule has 2 aromatic rings. The molecule has 2 nitrogen and oxygen atoms in total. The van der Waals surface area contributed by atoms with Gasteiger partial charge in [-0.15, -0.1) is 6.42 Å². The predicted octanol–water partition coefficient (Wildman–Crippen LogP) is 3.64. The fraction of sp³-hybridized carbons (Fsp3) is 0.158. The first-order valence-corrected chi connectivity index (χ1v) is 6.99. The highest BCUT2D eigenvalue weighted by Gasteiger charge is 2.04. The number of rotatable bonds is 7. The molecule has 0 radical (unpaired) electrons. The molecule has 0 amide bonds. The van der Waals surface area contributed by atoms with Crippen LogP contribution in [0.25, 0.3) is 5.57 Å².